The quantitative estimate of drug-likeness (QED) is 0.908. The maximum atomic E-state index is 13.7. The standard InChI is InChI=1S/C16H19FN4O2/c1-10-3-4-14-19-7-13(16(23)21(14)8-10)15(22)20-9-11(17)5-12(20)6-18-2/h3-4,7-8,11-12,18H,5-6,9H2,1-2H3/t11-,12-/m0/s1. The molecule has 0 saturated carbocycles. The van der Waals surface area contributed by atoms with Gasteiger partial charge in [0.05, 0.1) is 6.54 Å². The van der Waals surface area contributed by atoms with Gasteiger partial charge in [0.15, 0.2) is 0 Å². The molecule has 3 rings (SSSR count). The molecule has 1 saturated heterocycles. The van der Waals surface area contributed by atoms with Crippen LogP contribution in [-0.4, -0.2) is 52.5 Å². The number of aryl methyl sites for hydroxylation is 1. The highest BCUT2D eigenvalue weighted by Gasteiger charge is 2.36. The molecule has 0 spiro atoms. The summed E-state index contributed by atoms with van der Waals surface area (Å²) in [4.78, 5) is 30.9. The van der Waals surface area contributed by atoms with E-state index in [1.54, 1.807) is 19.3 Å². The Morgan fingerprint density at radius 1 is 1.48 bits per heavy atom. The van der Waals surface area contributed by atoms with Crippen LogP contribution in [0.3, 0.4) is 0 Å². The molecule has 0 aromatic carbocycles. The highest BCUT2D eigenvalue weighted by molar-refractivity contribution is 5.94. The van der Waals surface area contributed by atoms with Crippen molar-refractivity contribution >= 4 is 11.6 Å². The van der Waals surface area contributed by atoms with E-state index in [1.807, 2.05) is 13.0 Å². The lowest BCUT2D eigenvalue weighted by Crippen LogP contribution is -2.43. The minimum Gasteiger partial charge on any atom is -0.331 e. The Bertz CT molecular complexity index is 804. The van der Waals surface area contributed by atoms with Gasteiger partial charge in [-0.1, -0.05) is 6.07 Å². The normalized spacial score (nSPS) is 21.1. The van der Waals surface area contributed by atoms with E-state index < -0.39 is 17.6 Å². The number of carbonyl (C=O) groups excluding carboxylic acids is 1. The summed E-state index contributed by atoms with van der Waals surface area (Å²) in [5.41, 5.74) is 0.926. The van der Waals surface area contributed by atoms with Crippen LogP contribution in [0.1, 0.15) is 22.3 Å². The van der Waals surface area contributed by atoms with Crippen LogP contribution in [0.5, 0.6) is 0 Å². The number of halogens is 1. The van der Waals surface area contributed by atoms with Crippen LogP contribution in [0, 0.1) is 6.92 Å². The zero-order valence-electron chi connectivity index (χ0n) is 13.1. The van der Waals surface area contributed by atoms with Gasteiger partial charge in [0.2, 0.25) is 0 Å². The fourth-order valence-electron chi connectivity index (χ4n) is 3.02. The molecule has 3 heterocycles. The van der Waals surface area contributed by atoms with Gasteiger partial charge < -0.3 is 10.2 Å². The van der Waals surface area contributed by atoms with Crippen LogP contribution in [0.4, 0.5) is 4.39 Å². The van der Waals surface area contributed by atoms with Crippen LogP contribution in [0.15, 0.2) is 29.3 Å². The Labute approximate surface area is 132 Å². The number of rotatable bonds is 3. The van der Waals surface area contributed by atoms with E-state index >= 15 is 0 Å². The molecule has 1 aliphatic heterocycles. The van der Waals surface area contributed by atoms with Crippen molar-refractivity contribution in [2.75, 3.05) is 20.1 Å². The molecular formula is C16H19FN4O2. The van der Waals surface area contributed by atoms with E-state index in [-0.39, 0.29) is 24.6 Å². The smallest absolute Gasteiger partial charge is 0.270 e. The first-order valence-corrected chi connectivity index (χ1v) is 7.59. The average molecular weight is 318 g/mol. The number of hydrogen-bond donors (Lipinski definition) is 1. The fraction of sp³-hybridized carbons (Fsp3) is 0.438. The minimum absolute atomic E-state index is 0.0150. The van der Waals surface area contributed by atoms with Crippen LogP contribution in [0.25, 0.3) is 5.65 Å². The van der Waals surface area contributed by atoms with Crippen molar-refractivity contribution in [2.45, 2.75) is 25.6 Å². The minimum atomic E-state index is -1.06. The van der Waals surface area contributed by atoms with Gasteiger partial charge in [-0.25, -0.2) is 9.37 Å². The third kappa shape index (κ3) is 2.84. The summed E-state index contributed by atoms with van der Waals surface area (Å²) < 4.78 is 15.1. The fourth-order valence-corrected chi connectivity index (χ4v) is 3.02. The Kier molecular flexibility index (Phi) is 4.12. The van der Waals surface area contributed by atoms with Crippen molar-refractivity contribution in [1.29, 1.82) is 0 Å². The number of nitrogens with one attached hydrogen (secondary N) is 1. The lowest BCUT2D eigenvalue weighted by molar-refractivity contribution is 0.0727. The number of likely N-dealkylation sites (N-methyl/N-ethyl adjacent to an activating group) is 1. The maximum Gasteiger partial charge on any atom is 0.270 e. The number of aromatic nitrogens is 2. The van der Waals surface area contributed by atoms with Crippen molar-refractivity contribution in [2.24, 2.45) is 0 Å². The van der Waals surface area contributed by atoms with Crippen molar-refractivity contribution in [1.82, 2.24) is 19.6 Å². The molecule has 1 amide bonds. The zero-order chi connectivity index (χ0) is 16.6. The lowest BCUT2D eigenvalue weighted by Gasteiger charge is -2.23. The Morgan fingerprint density at radius 2 is 2.26 bits per heavy atom. The molecule has 122 valence electrons. The summed E-state index contributed by atoms with van der Waals surface area (Å²) in [6, 6.07) is 3.32. The first kappa shape index (κ1) is 15.6. The van der Waals surface area contributed by atoms with Crippen molar-refractivity contribution in [3.63, 3.8) is 0 Å². The molecule has 1 fully saturated rings. The topological polar surface area (TPSA) is 66.7 Å². The second-order valence-electron chi connectivity index (χ2n) is 5.91. The molecule has 1 N–H and O–H groups in total. The highest BCUT2D eigenvalue weighted by Crippen LogP contribution is 2.21. The molecule has 0 unspecified atom stereocenters. The monoisotopic (exact) mass is 318 g/mol. The summed E-state index contributed by atoms with van der Waals surface area (Å²) in [5, 5.41) is 2.96. The number of amides is 1. The van der Waals surface area contributed by atoms with Gasteiger partial charge in [-0.2, -0.15) is 0 Å². The third-order valence-corrected chi connectivity index (χ3v) is 4.14. The first-order chi connectivity index (χ1) is 11.0. The Hall–Kier alpha value is -2.28. The zero-order valence-corrected chi connectivity index (χ0v) is 13.1. The van der Waals surface area contributed by atoms with Crippen LogP contribution < -0.4 is 10.9 Å². The summed E-state index contributed by atoms with van der Waals surface area (Å²) in [5.74, 6) is -0.459. The maximum absolute atomic E-state index is 13.7. The highest BCUT2D eigenvalue weighted by atomic mass is 19.1. The van der Waals surface area contributed by atoms with Gasteiger partial charge in [0, 0.05) is 31.4 Å². The summed E-state index contributed by atoms with van der Waals surface area (Å²) in [6.45, 7) is 2.37. The summed E-state index contributed by atoms with van der Waals surface area (Å²) >= 11 is 0. The van der Waals surface area contributed by atoms with Crippen molar-refractivity contribution in [3.8, 4) is 0 Å². The van der Waals surface area contributed by atoms with E-state index in [9.17, 15) is 14.0 Å². The van der Waals surface area contributed by atoms with Gasteiger partial charge in [0.1, 0.15) is 17.4 Å². The van der Waals surface area contributed by atoms with Gasteiger partial charge >= 0.3 is 0 Å². The number of fused-ring (bicyclic) bond motifs is 1. The van der Waals surface area contributed by atoms with E-state index in [0.717, 1.165) is 5.56 Å². The van der Waals surface area contributed by atoms with Crippen molar-refractivity contribution < 1.29 is 9.18 Å². The molecule has 2 aromatic heterocycles. The van der Waals surface area contributed by atoms with E-state index in [0.29, 0.717) is 12.2 Å². The Balaban J connectivity index is 2.01. The predicted molar refractivity (Wildman–Crippen MR) is 84.5 cm³/mol. The molecular weight excluding hydrogens is 299 g/mol. The predicted octanol–water partition coefficient (Wildman–Crippen LogP) is 0.775. The van der Waals surface area contributed by atoms with Crippen LogP contribution in [0.2, 0.25) is 0 Å². The van der Waals surface area contributed by atoms with Gasteiger partial charge in [-0.05, 0) is 25.6 Å². The number of hydrogen-bond acceptors (Lipinski definition) is 4. The van der Waals surface area contributed by atoms with Gasteiger partial charge in [-0.15, -0.1) is 0 Å². The third-order valence-electron chi connectivity index (χ3n) is 4.14. The second kappa shape index (κ2) is 6.08. The molecule has 7 heteroatoms. The molecule has 2 atom stereocenters. The Morgan fingerprint density at radius 3 is 3.00 bits per heavy atom. The van der Waals surface area contributed by atoms with E-state index in [2.05, 4.69) is 10.3 Å². The molecule has 0 radical (unpaired) electrons. The first-order valence-electron chi connectivity index (χ1n) is 7.59. The molecule has 23 heavy (non-hydrogen) atoms. The number of alkyl halides is 1. The SMILES string of the molecule is CNC[C@@H]1C[C@H](F)CN1C(=O)c1cnc2ccc(C)cn2c1=O. The number of nitrogens with zero attached hydrogens (tertiary/aromatic N) is 3. The van der Waals surface area contributed by atoms with Crippen molar-refractivity contribution in [3.05, 3.63) is 46.0 Å². The summed E-state index contributed by atoms with van der Waals surface area (Å²) in [7, 11) is 1.75. The van der Waals surface area contributed by atoms with Crippen LogP contribution >= 0.6 is 0 Å². The lowest BCUT2D eigenvalue weighted by atomic mass is 10.2. The second-order valence-corrected chi connectivity index (χ2v) is 5.91. The van der Waals surface area contributed by atoms with E-state index in [4.69, 9.17) is 0 Å². The molecule has 6 nitrogen and oxygen atoms in total. The molecule has 0 aliphatic carbocycles. The number of likely N-dealkylation sites (tertiary alicyclic amines) is 1. The number of pyridine rings is 1. The summed E-state index contributed by atoms with van der Waals surface area (Å²) in [6.07, 6.45) is 2.16. The average Bonchev–Trinajstić information content (AvgIpc) is 2.89. The van der Waals surface area contributed by atoms with Crippen LogP contribution in [-0.2, 0) is 0 Å². The largest absolute Gasteiger partial charge is 0.331 e. The molecule has 0 bridgehead atoms. The molecule has 1 aliphatic rings. The van der Waals surface area contributed by atoms with Gasteiger partial charge in [0.25, 0.3) is 11.5 Å². The van der Waals surface area contributed by atoms with E-state index in [1.165, 1.54) is 15.5 Å². The number of carbonyl (C=O) groups is 1. The molecule has 2 aromatic rings. The van der Waals surface area contributed by atoms with Gasteiger partial charge in [-0.3, -0.25) is 14.0 Å².